The van der Waals surface area contributed by atoms with Gasteiger partial charge < -0.3 is 9.94 Å². The molecule has 0 aliphatic carbocycles. The quantitative estimate of drug-likeness (QED) is 0.507. The van der Waals surface area contributed by atoms with Crippen LogP contribution in [0.2, 0.25) is 0 Å². The Morgan fingerprint density at radius 2 is 1.65 bits per heavy atom. The molecule has 0 heterocycles. The molecule has 0 bridgehead atoms. The Bertz CT molecular complexity index is 559. The first-order valence-corrected chi connectivity index (χ1v) is 6.72. The molecule has 1 atom stereocenters. The van der Waals surface area contributed by atoms with E-state index in [1.807, 2.05) is 49.4 Å². The Hall–Kier alpha value is -2.13. The van der Waals surface area contributed by atoms with Gasteiger partial charge in [-0.15, -0.1) is 0 Å². The van der Waals surface area contributed by atoms with Crippen LogP contribution in [0.25, 0.3) is 11.1 Å². The number of nitrogens with zero attached hydrogens (tertiary/aromatic N) is 1. The van der Waals surface area contributed by atoms with Crippen molar-refractivity contribution in [2.24, 2.45) is 5.16 Å². The van der Waals surface area contributed by atoms with E-state index in [4.69, 9.17) is 4.84 Å². The Morgan fingerprint density at radius 1 is 1.05 bits per heavy atom. The summed E-state index contributed by atoms with van der Waals surface area (Å²) in [5.41, 5.74) is 2.91. The fraction of sp³-hybridized carbons (Fsp3) is 0.235. The summed E-state index contributed by atoms with van der Waals surface area (Å²) in [4.78, 5) is 5.13. The smallest absolute Gasteiger partial charge is 0.257 e. The monoisotopic (exact) mass is 269 g/mol. The first-order chi connectivity index (χ1) is 9.63. The van der Waals surface area contributed by atoms with Crippen LogP contribution in [0, 0.1) is 0 Å². The Labute approximate surface area is 119 Å². The first kappa shape index (κ1) is 14.3. The molecular weight excluding hydrogens is 250 g/mol. The summed E-state index contributed by atoms with van der Waals surface area (Å²) in [6.45, 7) is 3.54. The van der Waals surface area contributed by atoms with Crippen molar-refractivity contribution in [3.05, 3.63) is 60.2 Å². The van der Waals surface area contributed by atoms with Gasteiger partial charge in [0, 0.05) is 18.7 Å². The Morgan fingerprint density at radius 3 is 2.25 bits per heavy atom. The molecule has 0 fully saturated rings. The number of oxime groups is 1. The van der Waals surface area contributed by atoms with Crippen LogP contribution in [-0.4, -0.2) is 11.3 Å². The Balaban J connectivity index is 2.17. The lowest BCUT2D eigenvalue weighted by molar-refractivity contribution is -0.198. The molecule has 0 radical (unpaired) electrons. The average molecular weight is 269 g/mol. The van der Waals surface area contributed by atoms with Crippen molar-refractivity contribution in [1.29, 1.82) is 0 Å². The van der Waals surface area contributed by atoms with Gasteiger partial charge in [-0.25, -0.2) is 0 Å². The van der Waals surface area contributed by atoms with Gasteiger partial charge in [0.15, 0.2) is 0 Å². The number of hydrogen-bond donors (Lipinski definition) is 1. The summed E-state index contributed by atoms with van der Waals surface area (Å²) in [6, 6.07) is 17.7. The molecule has 1 unspecified atom stereocenters. The van der Waals surface area contributed by atoms with Gasteiger partial charge in [0.2, 0.25) is 0 Å². The topological polar surface area (TPSA) is 41.8 Å². The first-order valence-electron chi connectivity index (χ1n) is 6.72. The van der Waals surface area contributed by atoms with Crippen LogP contribution in [0.5, 0.6) is 0 Å². The molecular formula is C17H19NO2. The summed E-state index contributed by atoms with van der Waals surface area (Å²) in [6.07, 6.45) is 2.38. The molecule has 3 heteroatoms. The fourth-order valence-corrected chi connectivity index (χ4v) is 1.87. The van der Waals surface area contributed by atoms with E-state index in [0.29, 0.717) is 5.56 Å². The lowest BCUT2D eigenvalue weighted by atomic mass is 10.0. The van der Waals surface area contributed by atoms with E-state index in [-0.39, 0.29) is 0 Å². The second-order valence-corrected chi connectivity index (χ2v) is 4.71. The van der Waals surface area contributed by atoms with Crippen molar-refractivity contribution in [2.45, 2.75) is 26.1 Å². The van der Waals surface area contributed by atoms with E-state index in [2.05, 4.69) is 17.3 Å². The largest absolute Gasteiger partial charge is 0.356 e. The van der Waals surface area contributed by atoms with Gasteiger partial charge in [0.25, 0.3) is 5.79 Å². The van der Waals surface area contributed by atoms with Crippen molar-refractivity contribution in [1.82, 2.24) is 0 Å². The molecule has 3 nitrogen and oxygen atoms in total. The van der Waals surface area contributed by atoms with Gasteiger partial charge in [-0.05, 0) is 17.5 Å². The lowest BCUT2D eigenvalue weighted by Gasteiger charge is -2.21. The van der Waals surface area contributed by atoms with Crippen molar-refractivity contribution in [3.63, 3.8) is 0 Å². The highest BCUT2D eigenvalue weighted by atomic mass is 16.7. The second kappa shape index (κ2) is 6.35. The summed E-state index contributed by atoms with van der Waals surface area (Å²) in [5.74, 6) is -1.42. The molecule has 0 amide bonds. The molecule has 1 N–H and O–H groups in total. The third kappa shape index (κ3) is 3.45. The zero-order chi connectivity index (χ0) is 14.4. The van der Waals surface area contributed by atoms with E-state index >= 15 is 0 Å². The van der Waals surface area contributed by atoms with Gasteiger partial charge in [-0.1, -0.05) is 66.7 Å². The maximum absolute atomic E-state index is 10.2. The summed E-state index contributed by atoms with van der Waals surface area (Å²) >= 11 is 0. The zero-order valence-corrected chi connectivity index (χ0v) is 11.8. The maximum Gasteiger partial charge on any atom is 0.257 e. The van der Waals surface area contributed by atoms with E-state index in [9.17, 15) is 5.11 Å². The van der Waals surface area contributed by atoms with Crippen molar-refractivity contribution in [2.75, 3.05) is 0 Å². The van der Waals surface area contributed by atoms with Gasteiger partial charge in [-0.3, -0.25) is 0 Å². The predicted molar refractivity (Wildman–Crippen MR) is 81.3 cm³/mol. The molecule has 0 aliphatic heterocycles. The molecule has 104 valence electrons. The van der Waals surface area contributed by atoms with Crippen LogP contribution >= 0.6 is 0 Å². The lowest BCUT2D eigenvalue weighted by Crippen LogP contribution is -2.22. The molecule has 0 saturated carbocycles. The van der Waals surface area contributed by atoms with Crippen LogP contribution in [0.15, 0.2) is 59.8 Å². The standard InChI is InChI=1S/C17H19NO2/c1-3-13-18-20-17(2,19)16-11-9-15(10-12-16)14-7-5-4-6-8-14/h4-13,19H,3H2,1-2H3. The van der Waals surface area contributed by atoms with Gasteiger partial charge in [0.1, 0.15) is 0 Å². The SMILES string of the molecule is CCC=NOC(C)(O)c1ccc(-c2ccccc2)cc1. The molecule has 2 aromatic carbocycles. The average Bonchev–Trinajstić information content (AvgIpc) is 2.48. The number of benzene rings is 2. The molecule has 0 spiro atoms. The third-order valence-corrected chi connectivity index (χ3v) is 3.02. The zero-order valence-electron chi connectivity index (χ0n) is 11.8. The molecule has 20 heavy (non-hydrogen) atoms. The van der Waals surface area contributed by atoms with E-state index in [1.165, 1.54) is 0 Å². The normalized spacial score (nSPS) is 14.2. The number of aliphatic hydroxyl groups is 1. The molecule has 0 aromatic heterocycles. The van der Waals surface area contributed by atoms with Gasteiger partial charge >= 0.3 is 0 Å². The third-order valence-electron chi connectivity index (χ3n) is 3.02. The van der Waals surface area contributed by atoms with Gasteiger partial charge in [-0.2, -0.15) is 0 Å². The molecule has 0 saturated heterocycles. The van der Waals surface area contributed by atoms with Crippen LogP contribution in [0.3, 0.4) is 0 Å². The van der Waals surface area contributed by atoms with Crippen LogP contribution < -0.4 is 0 Å². The van der Waals surface area contributed by atoms with E-state index in [1.54, 1.807) is 13.1 Å². The molecule has 2 rings (SSSR count). The van der Waals surface area contributed by atoms with Crippen molar-refractivity contribution in [3.8, 4) is 11.1 Å². The fourth-order valence-electron chi connectivity index (χ4n) is 1.87. The second-order valence-electron chi connectivity index (χ2n) is 4.71. The van der Waals surface area contributed by atoms with E-state index < -0.39 is 5.79 Å². The summed E-state index contributed by atoms with van der Waals surface area (Å²) in [7, 11) is 0. The number of hydrogen-bond acceptors (Lipinski definition) is 3. The Kier molecular flexibility index (Phi) is 4.53. The van der Waals surface area contributed by atoms with Gasteiger partial charge in [0.05, 0.1) is 0 Å². The minimum absolute atomic E-state index is 0.672. The molecule has 0 aliphatic rings. The summed E-state index contributed by atoms with van der Waals surface area (Å²) in [5, 5.41) is 14.0. The minimum atomic E-state index is -1.42. The van der Waals surface area contributed by atoms with Crippen LogP contribution in [0.1, 0.15) is 25.8 Å². The van der Waals surface area contributed by atoms with Crippen molar-refractivity contribution < 1.29 is 9.94 Å². The number of rotatable bonds is 5. The van der Waals surface area contributed by atoms with Crippen LogP contribution in [0.4, 0.5) is 0 Å². The maximum atomic E-state index is 10.2. The summed E-state index contributed by atoms with van der Waals surface area (Å²) < 4.78 is 0. The molecule has 2 aromatic rings. The van der Waals surface area contributed by atoms with E-state index in [0.717, 1.165) is 17.5 Å². The van der Waals surface area contributed by atoms with Crippen LogP contribution in [-0.2, 0) is 10.6 Å². The highest BCUT2D eigenvalue weighted by molar-refractivity contribution is 5.63. The highest BCUT2D eigenvalue weighted by Gasteiger charge is 2.25. The highest BCUT2D eigenvalue weighted by Crippen LogP contribution is 2.26. The predicted octanol–water partition coefficient (Wildman–Crippen LogP) is 3.93. The van der Waals surface area contributed by atoms with Crippen molar-refractivity contribution >= 4 is 6.21 Å². The minimum Gasteiger partial charge on any atom is -0.356 e.